The van der Waals surface area contributed by atoms with E-state index in [1.54, 1.807) is 0 Å². The molecule has 3 aliphatic rings. The average molecular weight is 316 g/mol. The zero-order valence-corrected chi connectivity index (χ0v) is 13.8. The van der Waals surface area contributed by atoms with Crippen LogP contribution in [0.25, 0.3) is 5.57 Å². The Labute approximate surface area is 142 Å². The first-order valence-corrected chi connectivity index (χ1v) is 8.83. The molecule has 0 saturated heterocycles. The van der Waals surface area contributed by atoms with Gasteiger partial charge in [0, 0.05) is 11.5 Å². The molecule has 24 heavy (non-hydrogen) atoms. The molecule has 1 aliphatic heterocycles. The molecule has 2 aromatic rings. The largest absolute Gasteiger partial charge is 0.451 e. The fourth-order valence-electron chi connectivity index (χ4n) is 4.90. The van der Waals surface area contributed by atoms with Gasteiger partial charge in [-0.2, -0.15) is 0 Å². The lowest BCUT2D eigenvalue weighted by molar-refractivity contribution is -0.145. The van der Waals surface area contributed by atoms with Crippen LogP contribution in [-0.2, 0) is 9.53 Å². The Morgan fingerprint density at radius 3 is 2.54 bits per heavy atom. The molecule has 1 spiro atoms. The molecule has 0 bridgehead atoms. The third-order valence-electron chi connectivity index (χ3n) is 5.87. The lowest BCUT2D eigenvalue weighted by Crippen LogP contribution is -2.31. The molecule has 120 valence electrons. The van der Waals surface area contributed by atoms with Crippen LogP contribution in [0.4, 0.5) is 0 Å². The number of hydrogen-bond acceptors (Lipinski definition) is 2. The Bertz CT molecular complexity index is 870. The van der Waals surface area contributed by atoms with Gasteiger partial charge in [0.2, 0.25) is 0 Å². The first-order chi connectivity index (χ1) is 11.7. The fourth-order valence-corrected chi connectivity index (χ4v) is 4.90. The van der Waals surface area contributed by atoms with Gasteiger partial charge in [-0.05, 0) is 49.3 Å². The molecule has 0 radical (unpaired) electrons. The Balaban J connectivity index is 1.79. The minimum Gasteiger partial charge on any atom is -0.451 e. The first kappa shape index (κ1) is 14.0. The van der Waals surface area contributed by atoms with Crippen LogP contribution >= 0.6 is 0 Å². The summed E-state index contributed by atoms with van der Waals surface area (Å²) in [5.41, 5.74) is 6.58. The summed E-state index contributed by atoms with van der Waals surface area (Å²) in [6.07, 6.45) is 4.21. The second kappa shape index (κ2) is 4.83. The lowest BCUT2D eigenvalue weighted by atomic mass is 9.79. The molecule has 0 N–H and O–H groups in total. The predicted octanol–water partition coefficient (Wildman–Crippen LogP) is 4.76. The Morgan fingerprint density at radius 2 is 1.79 bits per heavy atom. The van der Waals surface area contributed by atoms with E-state index in [4.69, 9.17) is 4.74 Å². The minimum atomic E-state index is -0.361. The van der Waals surface area contributed by atoms with E-state index >= 15 is 0 Å². The van der Waals surface area contributed by atoms with E-state index in [1.165, 1.54) is 22.3 Å². The number of hydrogen-bond donors (Lipinski definition) is 0. The molecule has 1 fully saturated rings. The van der Waals surface area contributed by atoms with E-state index in [0.717, 1.165) is 36.8 Å². The molecule has 1 heterocycles. The van der Waals surface area contributed by atoms with Gasteiger partial charge >= 0.3 is 5.97 Å². The van der Waals surface area contributed by atoms with Gasteiger partial charge in [-0.1, -0.05) is 54.1 Å². The summed E-state index contributed by atoms with van der Waals surface area (Å²) in [7, 11) is 0. The van der Waals surface area contributed by atoms with Crippen molar-refractivity contribution in [3.8, 4) is 0 Å². The third kappa shape index (κ3) is 1.74. The quantitative estimate of drug-likeness (QED) is 0.709. The number of ether oxygens (including phenoxy) is 1. The smallest absolute Gasteiger partial charge is 0.339 e. The number of aryl methyl sites for hydroxylation is 1. The maximum absolute atomic E-state index is 12.8. The van der Waals surface area contributed by atoms with E-state index in [1.807, 2.05) is 6.07 Å². The Hall–Kier alpha value is -2.35. The van der Waals surface area contributed by atoms with E-state index in [9.17, 15) is 4.79 Å². The molecule has 5 rings (SSSR count). The van der Waals surface area contributed by atoms with E-state index in [0.29, 0.717) is 0 Å². The second-order valence-electron chi connectivity index (χ2n) is 7.31. The van der Waals surface area contributed by atoms with Gasteiger partial charge in [0.15, 0.2) is 0 Å². The minimum absolute atomic E-state index is 0.115. The molecular weight excluding hydrogens is 296 g/mol. The van der Waals surface area contributed by atoms with Crippen LogP contribution in [0.3, 0.4) is 0 Å². The van der Waals surface area contributed by atoms with E-state index in [-0.39, 0.29) is 17.5 Å². The zero-order chi connectivity index (χ0) is 16.3. The highest BCUT2D eigenvalue weighted by Crippen LogP contribution is 2.59. The molecule has 0 amide bonds. The number of carbonyl (C=O) groups excluding carboxylic acids is 1. The van der Waals surface area contributed by atoms with Crippen LogP contribution < -0.4 is 0 Å². The van der Waals surface area contributed by atoms with Crippen LogP contribution in [0, 0.1) is 6.92 Å². The van der Waals surface area contributed by atoms with Gasteiger partial charge < -0.3 is 4.74 Å². The molecule has 1 unspecified atom stereocenters. The van der Waals surface area contributed by atoms with Crippen molar-refractivity contribution in [3.05, 3.63) is 76.4 Å². The van der Waals surface area contributed by atoms with Crippen LogP contribution in [-0.4, -0.2) is 11.6 Å². The average Bonchev–Trinajstić information content (AvgIpc) is 3.25. The molecule has 0 aromatic heterocycles. The zero-order valence-electron chi connectivity index (χ0n) is 13.8. The van der Waals surface area contributed by atoms with Gasteiger partial charge in [-0.15, -0.1) is 0 Å². The van der Waals surface area contributed by atoms with Crippen molar-refractivity contribution < 1.29 is 9.53 Å². The van der Waals surface area contributed by atoms with E-state index < -0.39 is 0 Å². The van der Waals surface area contributed by atoms with Crippen molar-refractivity contribution in [2.24, 2.45) is 0 Å². The second-order valence-corrected chi connectivity index (χ2v) is 7.31. The maximum atomic E-state index is 12.8. The van der Waals surface area contributed by atoms with Crippen molar-refractivity contribution in [1.82, 2.24) is 0 Å². The summed E-state index contributed by atoms with van der Waals surface area (Å²) in [6.45, 7) is 2.12. The summed E-state index contributed by atoms with van der Waals surface area (Å²) < 4.78 is 6.00. The van der Waals surface area contributed by atoms with Crippen LogP contribution in [0.15, 0.2) is 54.1 Å². The summed E-state index contributed by atoms with van der Waals surface area (Å²) in [5.74, 6) is 0.0380. The number of fused-ring (bicyclic) bond motifs is 3. The monoisotopic (exact) mass is 316 g/mol. The number of benzene rings is 2. The maximum Gasteiger partial charge on any atom is 0.339 e. The Kier molecular flexibility index (Phi) is 2.82. The van der Waals surface area contributed by atoms with Crippen LogP contribution in [0.2, 0.25) is 0 Å². The highest BCUT2D eigenvalue weighted by atomic mass is 16.6. The van der Waals surface area contributed by atoms with Crippen molar-refractivity contribution >= 4 is 11.5 Å². The topological polar surface area (TPSA) is 26.3 Å². The van der Waals surface area contributed by atoms with Gasteiger partial charge in [-0.25, -0.2) is 4.79 Å². The van der Waals surface area contributed by atoms with Gasteiger partial charge in [-0.3, -0.25) is 0 Å². The standard InChI is InChI=1S/C22H20O2/c1-14-9-10-16-17(13-14)18(15-7-3-2-4-8-15)20-19(16)21(23)24-22(20)11-5-6-12-22/h2-4,7-10,13,18H,5-6,11-12H2,1H3. The third-order valence-corrected chi connectivity index (χ3v) is 5.87. The highest BCUT2D eigenvalue weighted by molar-refractivity contribution is 6.22. The molecule has 1 saturated carbocycles. The van der Waals surface area contributed by atoms with Gasteiger partial charge in [0.05, 0.1) is 5.57 Å². The Morgan fingerprint density at radius 1 is 1.04 bits per heavy atom. The van der Waals surface area contributed by atoms with Crippen molar-refractivity contribution in [1.29, 1.82) is 0 Å². The highest BCUT2D eigenvalue weighted by Gasteiger charge is 2.55. The lowest BCUT2D eigenvalue weighted by Gasteiger charge is -2.30. The first-order valence-electron chi connectivity index (χ1n) is 8.83. The van der Waals surface area contributed by atoms with Gasteiger partial charge in [0.1, 0.15) is 5.60 Å². The van der Waals surface area contributed by atoms with Crippen molar-refractivity contribution in [2.45, 2.75) is 44.1 Å². The predicted molar refractivity (Wildman–Crippen MR) is 93.7 cm³/mol. The SMILES string of the molecule is Cc1ccc2c(c1)C(c1ccccc1)C1=C2C(=O)OC12CCCC2. The van der Waals surface area contributed by atoms with Crippen molar-refractivity contribution in [3.63, 3.8) is 0 Å². The summed E-state index contributed by atoms with van der Waals surface area (Å²) >= 11 is 0. The normalized spacial score (nSPS) is 23.5. The van der Waals surface area contributed by atoms with Crippen LogP contribution in [0.1, 0.15) is 53.9 Å². The van der Waals surface area contributed by atoms with Crippen LogP contribution in [0.5, 0.6) is 0 Å². The molecule has 2 aromatic carbocycles. The van der Waals surface area contributed by atoms with E-state index in [2.05, 4.69) is 49.4 Å². The molecule has 1 atom stereocenters. The molecule has 2 aliphatic carbocycles. The number of carbonyl (C=O) groups is 1. The number of rotatable bonds is 1. The number of esters is 1. The van der Waals surface area contributed by atoms with Gasteiger partial charge in [0.25, 0.3) is 0 Å². The molecular formula is C22H20O2. The van der Waals surface area contributed by atoms with Crippen molar-refractivity contribution in [2.75, 3.05) is 0 Å². The summed E-state index contributed by atoms with van der Waals surface area (Å²) in [5, 5.41) is 0. The summed E-state index contributed by atoms with van der Waals surface area (Å²) in [6, 6.07) is 17.0. The fraction of sp³-hybridized carbons (Fsp3) is 0.318. The summed E-state index contributed by atoms with van der Waals surface area (Å²) in [4.78, 5) is 12.8. The molecule has 2 heteroatoms. The molecule has 2 nitrogen and oxygen atoms in total.